The van der Waals surface area contributed by atoms with E-state index >= 15 is 0 Å². The maximum Gasteiger partial charge on any atom is 0.240 e. The number of aliphatic imine (C=N–C) groups is 1. The number of hydrogen-bond acceptors (Lipinski definition) is 4. The first kappa shape index (κ1) is 25.2. The van der Waals surface area contributed by atoms with Crippen LogP contribution in [0, 0.1) is 6.92 Å². The molecule has 7 nitrogen and oxygen atoms in total. The number of ether oxygens (including phenoxy) is 1. The fourth-order valence-electron chi connectivity index (χ4n) is 2.55. The van der Waals surface area contributed by atoms with Crippen molar-refractivity contribution < 1.29 is 13.2 Å². The van der Waals surface area contributed by atoms with Gasteiger partial charge in [-0.2, -0.15) is 0 Å². The Bertz CT molecular complexity index is 890. The van der Waals surface area contributed by atoms with Crippen LogP contribution in [-0.2, 0) is 16.6 Å². The molecule has 2 rings (SSSR count). The van der Waals surface area contributed by atoms with Gasteiger partial charge in [-0.25, -0.2) is 13.1 Å². The molecule has 0 saturated heterocycles. The summed E-state index contributed by atoms with van der Waals surface area (Å²) in [5, 5.41) is 6.31. The first-order valence-electron chi connectivity index (χ1n) is 9.18. The van der Waals surface area contributed by atoms with E-state index in [9.17, 15) is 8.42 Å². The Hall–Kier alpha value is -1.85. The molecule has 3 N–H and O–H groups in total. The molecule has 0 unspecified atom stereocenters. The molecule has 0 aliphatic heterocycles. The molecular weight excluding hydrogens is 503 g/mol. The van der Waals surface area contributed by atoms with Gasteiger partial charge in [0.1, 0.15) is 5.75 Å². The number of benzene rings is 2. The van der Waals surface area contributed by atoms with Crippen LogP contribution in [-0.4, -0.2) is 41.1 Å². The Morgan fingerprint density at radius 3 is 2.45 bits per heavy atom. The average molecular weight is 532 g/mol. The third-order valence-electron chi connectivity index (χ3n) is 3.96. The van der Waals surface area contributed by atoms with Crippen LogP contribution in [0.15, 0.2) is 58.4 Å². The van der Waals surface area contributed by atoms with E-state index < -0.39 is 10.0 Å². The minimum Gasteiger partial charge on any atom is -0.494 e. The first-order chi connectivity index (χ1) is 13.5. The van der Waals surface area contributed by atoms with Crippen molar-refractivity contribution in [3.63, 3.8) is 0 Å². The summed E-state index contributed by atoms with van der Waals surface area (Å²) in [6.45, 7) is 5.77. The van der Waals surface area contributed by atoms with Crippen molar-refractivity contribution in [1.82, 2.24) is 15.4 Å². The van der Waals surface area contributed by atoms with Gasteiger partial charge in [0.2, 0.25) is 10.0 Å². The molecular formula is C20H29IN4O3S. The Morgan fingerprint density at radius 1 is 1.07 bits per heavy atom. The highest BCUT2D eigenvalue weighted by Crippen LogP contribution is 2.20. The maximum atomic E-state index is 12.2. The van der Waals surface area contributed by atoms with Crippen molar-refractivity contribution in [3.8, 4) is 5.75 Å². The summed E-state index contributed by atoms with van der Waals surface area (Å²) in [7, 11) is -1.83. The highest BCUT2D eigenvalue weighted by Gasteiger charge is 2.12. The summed E-state index contributed by atoms with van der Waals surface area (Å²) in [5.74, 6) is 1.43. The lowest BCUT2D eigenvalue weighted by Crippen LogP contribution is -2.41. The smallest absolute Gasteiger partial charge is 0.240 e. The molecule has 29 heavy (non-hydrogen) atoms. The van der Waals surface area contributed by atoms with Crippen molar-refractivity contribution in [2.24, 2.45) is 4.99 Å². The van der Waals surface area contributed by atoms with Gasteiger partial charge < -0.3 is 15.4 Å². The van der Waals surface area contributed by atoms with E-state index in [1.54, 1.807) is 37.4 Å². The van der Waals surface area contributed by atoms with Crippen LogP contribution in [0.4, 0.5) is 0 Å². The number of halogens is 1. The second-order valence-corrected chi connectivity index (χ2v) is 7.87. The number of nitrogens with one attached hydrogen (secondary N) is 3. The van der Waals surface area contributed by atoms with Crippen molar-refractivity contribution in [2.45, 2.75) is 25.3 Å². The SMILES string of the molecule is CCOc1cc(C)ccc1CNC(=NC)NCCNS(=O)(=O)c1ccccc1.I. The zero-order valence-corrected chi connectivity index (χ0v) is 20.1. The van der Waals surface area contributed by atoms with Gasteiger partial charge >= 0.3 is 0 Å². The predicted molar refractivity (Wildman–Crippen MR) is 128 cm³/mol. The first-order valence-corrected chi connectivity index (χ1v) is 10.7. The number of nitrogens with zero attached hydrogens (tertiary/aromatic N) is 1. The zero-order valence-electron chi connectivity index (χ0n) is 16.9. The molecule has 0 amide bonds. The minimum absolute atomic E-state index is 0. The molecule has 0 radical (unpaired) electrons. The zero-order chi connectivity index (χ0) is 20.4. The molecule has 0 fully saturated rings. The Kier molecular flexibility index (Phi) is 11.0. The third kappa shape index (κ3) is 8.19. The largest absolute Gasteiger partial charge is 0.494 e. The topological polar surface area (TPSA) is 91.8 Å². The van der Waals surface area contributed by atoms with E-state index in [1.165, 1.54) is 0 Å². The molecule has 0 saturated carbocycles. The molecule has 0 spiro atoms. The van der Waals surface area contributed by atoms with Gasteiger partial charge in [0.15, 0.2) is 5.96 Å². The summed E-state index contributed by atoms with van der Waals surface area (Å²) < 4.78 is 32.6. The van der Waals surface area contributed by atoms with Crippen LogP contribution in [0.25, 0.3) is 0 Å². The molecule has 0 atom stereocenters. The van der Waals surface area contributed by atoms with E-state index in [1.807, 2.05) is 32.0 Å². The lowest BCUT2D eigenvalue weighted by Gasteiger charge is -2.15. The summed E-state index contributed by atoms with van der Waals surface area (Å²) in [6.07, 6.45) is 0. The van der Waals surface area contributed by atoms with Crippen LogP contribution < -0.4 is 20.1 Å². The molecule has 0 aromatic heterocycles. The maximum absolute atomic E-state index is 12.2. The van der Waals surface area contributed by atoms with Gasteiger partial charge in [-0.3, -0.25) is 4.99 Å². The van der Waals surface area contributed by atoms with Crippen molar-refractivity contribution in [2.75, 3.05) is 26.7 Å². The van der Waals surface area contributed by atoms with Crippen LogP contribution in [0.5, 0.6) is 5.75 Å². The normalized spacial score (nSPS) is 11.5. The number of rotatable bonds is 9. The quantitative estimate of drug-likeness (QED) is 0.200. The molecule has 0 aliphatic carbocycles. The van der Waals surface area contributed by atoms with E-state index in [0.29, 0.717) is 25.7 Å². The number of guanidine groups is 1. The monoisotopic (exact) mass is 532 g/mol. The van der Waals surface area contributed by atoms with Gasteiger partial charge in [0.05, 0.1) is 11.5 Å². The summed E-state index contributed by atoms with van der Waals surface area (Å²) in [4.78, 5) is 4.42. The second-order valence-electron chi connectivity index (χ2n) is 6.11. The lowest BCUT2D eigenvalue weighted by atomic mass is 10.1. The van der Waals surface area contributed by atoms with E-state index in [2.05, 4.69) is 20.3 Å². The van der Waals surface area contributed by atoms with Gasteiger partial charge in [-0.05, 0) is 37.6 Å². The van der Waals surface area contributed by atoms with Crippen LogP contribution >= 0.6 is 24.0 Å². The number of sulfonamides is 1. The van der Waals surface area contributed by atoms with Crippen LogP contribution in [0.3, 0.4) is 0 Å². The molecule has 160 valence electrons. The van der Waals surface area contributed by atoms with E-state index in [-0.39, 0.29) is 35.4 Å². The summed E-state index contributed by atoms with van der Waals surface area (Å²) in [6, 6.07) is 14.4. The standard InChI is InChI=1S/C20H28N4O3S.HI/c1-4-27-19-14-16(2)10-11-17(19)15-23-20(21-3)22-12-13-24-28(25,26)18-8-6-5-7-9-18;/h5-11,14,24H,4,12-13,15H2,1-3H3,(H2,21,22,23);1H. The fourth-order valence-corrected chi connectivity index (χ4v) is 3.60. The molecule has 2 aromatic rings. The minimum atomic E-state index is -3.50. The average Bonchev–Trinajstić information content (AvgIpc) is 2.69. The molecule has 2 aromatic carbocycles. The van der Waals surface area contributed by atoms with Crippen LogP contribution in [0.1, 0.15) is 18.1 Å². The van der Waals surface area contributed by atoms with Crippen LogP contribution in [0.2, 0.25) is 0 Å². The predicted octanol–water partition coefficient (Wildman–Crippen LogP) is 2.66. The molecule has 0 heterocycles. The summed E-state index contributed by atoms with van der Waals surface area (Å²) >= 11 is 0. The highest BCUT2D eigenvalue weighted by molar-refractivity contribution is 14.0. The Labute approximate surface area is 190 Å². The molecule has 9 heteroatoms. The van der Waals surface area contributed by atoms with Gasteiger partial charge in [-0.15, -0.1) is 24.0 Å². The fraction of sp³-hybridized carbons (Fsp3) is 0.350. The Morgan fingerprint density at radius 2 is 1.79 bits per heavy atom. The van der Waals surface area contributed by atoms with Crippen molar-refractivity contribution in [1.29, 1.82) is 0 Å². The summed E-state index contributed by atoms with van der Waals surface area (Å²) in [5.41, 5.74) is 2.17. The number of aryl methyl sites for hydroxylation is 1. The van der Waals surface area contributed by atoms with Gasteiger partial charge in [-0.1, -0.05) is 30.3 Å². The van der Waals surface area contributed by atoms with Gasteiger partial charge in [0, 0.05) is 32.2 Å². The van der Waals surface area contributed by atoms with E-state index in [4.69, 9.17) is 4.74 Å². The second kappa shape index (κ2) is 12.7. The molecule has 0 bridgehead atoms. The number of hydrogen-bond donors (Lipinski definition) is 3. The van der Waals surface area contributed by atoms with Gasteiger partial charge in [0.25, 0.3) is 0 Å². The lowest BCUT2D eigenvalue weighted by molar-refractivity contribution is 0.336. The van der Waals surface area contributed by atoms with E-state index in [0.717, 1.165) is 16.9 Å². The van der Waals surface area contributed by atoms with Crippen molar-refractivity contribution >= 4 is 40.0 Å². The third-order valence-corrected chi connectivity index (χ3v) is 5.43. The molecule has 0 aliphatic rings. The Balaban J connectivity index is 0.00000420. The van der Waals surface area contributed by atoms with Crippen molar-refractivity contribution in [3.05, 3.63) is 59.7 Å². The highest BCUT2D eigenvalue weighted by atomic mass is 127.